The second kappa shape index (κ2) is 6.29. The van der Waals surface area contributed by atoms with Gasteiger partial charge in [-0.15, -0.1) is 0 Å². The van der Waals surface area contributed by atoms with Crippen molar-refractivity contribution >= 4 is 22.5 Å². The summed E-state index contributed by atoms with van der Waals surface area (Å²) in [5.41, 5.74) is 2.08. The fraction of sp³-hybridized carbons (Fsp3) is 0.250. The van der Waals surface area contributed by atoms with Crippen LogP contribution in [0, 0.1) is 0 Å². The van der Waals surface area contributed by atoms with Gasteiger partial charge in [0.2, 0.25) is 5.43 Å². The molecule has 1 amide bonds. The van der Waals surface area contributed by atoms with Gasteiger partial charge in [0, 0.05) is 19.0 Å². The lowest BCUT2D eigenvalue weighted by Crippen LogP contribution is -2.39. The van der Waals surface area contributed by atoms with E-state index in [1.54, 1.807) is 35.9 Å². The Hall–Kier alpha value is -3.15. The Morgan fingerprint density at radius 1 is 1.15 bits per heavy atom. The number of para-hydroxylation sites is 2. The molecule has 0 unspecified atom stereocenters. The average Bonchev–Trinajstić information content (AvgIpc) is 2.69. The lowest BCUT2D eigenvalue weighted by Gasteiger charge is -2.30. The molecule has 6 heteroatoms. The molecular formula is C20H19N3O3. The van der Waals surface area contributed by atoms with Crippen molar-refractivity contribution in [2.45, 2.75) is 12.8 Å². The molecule has 0 spiro atoms. The Labute approximate surface area is 150 Å². The highest BCUT2D eigenvalue weighted by Crippen LogP contribution is 2.36. The van der Waals surface area contributed by atoms with E-state index in [-0.39, 0.29) is 17.0 Å². The normalized spacial score (nSPS) is 13.5. The van der Waals surface area contributed by atoms with Crippen molar-refractivity contribution in [3.63, 3.8) is 0 Å². The highest BCUT2D eigenvalue weighted by atomic mass is 16.5. The maximum atomic E-state index is 13.2. The van der Waals surface area contributed by atoms with Gasteiger partial charge in [0.1, 0.15) is 5.75 Å². The Morgan fingerprint density at radius 3 is 2.77 bits per heavy atom. The van der Waals surface area contributed by atoms with Crippen LogP contribution in [0.25, 0.3) is 10.9 Å². The lowest BCUT2D eigenvalue weighted by molar-refractivity contribution is 0.0976. The van der Waals surface area contributed by atoms with Crippen LogP contribution in [0.15, 0.2) is 47.3 Å². The first-order chi connectivity index (χ1) is 12.6. The highest BCUT2D eigenvalue weighted by molar-refractivity contribution is 6.07. The van der Waals surface area contributed by atoms with E-state index in [2.05, 4.69) is 5.10 Å². The second-order valence-corrected chi connectivity index (χ2v) is 6.35. The molecule has 4 rings (SSSR count). The average molecular weight is 349 g/mol. The SMILES string of the molecule is COc1cccc2c1N(C(=O)c1nn(C)c3ccccc3c1=O)CCC2. The molecular weight excluding hydrogens is 330 g/mol. The largest absolute Gasteiger partial charge is 0.495 e. The van der Waals surface area contributed by atoms with Gasteiger partial charge in [-0.2, -0.15) is 5.10 Å². The van der Waals surface area contributed by atoms with Crippen molar-refractivity contribution < 1.29 is 9.53 Å². The molecule has 26 heavy (non-hydrogen) atoms. The number of aryl methyl sites for hydroxylation is 2. The van der Waals surface area contributed by atoms with Crippen molar-refractivity contribution in [1.29, 1.82) is 0 Å². The molecule has 3 aromatic rings. The summed E-state index contributed by atoms with van der Waals surface area (Å²) in [4.78, 5) is 27.7. The summed E-state index contributed by atoms with van der Waals surface area (Å²) in [7, 11) is 3.32. The number of carbonyl (C=O) groups excluding carboxylic acids is 1. The first kappa shape index (κ1) is 16.3. The maximum absolute atomic E-state index is 13.2. The number of hydrogen-bond donors (Lipinski definition) is 0. The third-order valence-electron chi connectivity index (χ3n) is 4.81. The summed E-state index contributed by atoms with van der Waals surface area (Å²) in [5.74, 6) is 0.245. The number of rotatable bonds is 2. The molecule has 132 valence electrons. The summed E-state index contributed by atoms with van der Waals surface area (Å²) < 4.78 is 7.04. The topological polar surface area (TPSA) is 64.4 Å². The molecule has 1 aromatic heterocycles. The zero-order chi connectivity index (χ0) is 18.3. The van der Waals surface area contributed by atoms with Crippen molar-refractivity contribution in [2.24, 2.45) is 7.05 Å². The number of aromatic nitrogens is 2. The number of ether oxygens (including phenoxy) is 1. The molecule has 0 N–H and O–H groups in total. The van der Waals surface area contributed by atoms with Gasteiger partial charge >= 0.3 is 0 Å². The number of hydrogen-bond acceptors (Lipinski definition) is 4. The summed E-state index contributed by atoms with van der Waals surface area (Å²) >= 11 is 0. The Kier molecular flexibility index (Phi) is 3.95. The van der Waals surface area contributed by atoms with Gasteiger partial charge in [-0.3, -0.25) is 14.3 Å². The van der Waals surface area contributed by atoms with E-state index >= 15 is 0 Å². The Balaban J connectivity index is 1.88. The fourth-order valence-corrected chi connectivity index (χ4v) is 3.58. The summed E-state index contributed by atoms with van der Waals surface area (Å²) in [6.07, 6.45) is 1.71. The molecule has 0 bridgehead atoms. The van der Waals surface area contributed by atoms with E-state index < -0.39 is 0 Å². The van der Waals surface area contributed by atoms with E-state index in [1.165, 1.54) is 0 Å². The van der Waals surface area contributed by atoms with E-state index in [9.17, 15) is 9.59 Å². The number of anilines is 1. The molecule has 0 atom stereocenters. The fourth-order valence-electron chi connectivity index (χ4n) is 3.58. The van der Waals surface area contributed by atoms with Crippen LogP contribution in [0.1, 0.15) is 22.5 Å². The van der Waals surface area contributed by atoms with Crippen molar-refractivity contribution in [2.75, 3.05) is 18.6 Å². The quantitative estimate of drug-likeness (QED) is 0.713. The van der Waals surface area contributed by atoms with Crippen LogP contribution in [0.3, 0.4) is 0 Å². The third kappa shape index (κ3) is 2.45. The molecule has 0 aliphatic carbocycles. The number of benzene rings is 2. The molecule has 2 heterocycles. The number of nitrogens with zero attached hydrogens (tertiary/aromatic N) is 3. The van der Waals surface area contributed by atoms with Crippen LogP contribution in [0.2, 0.25) is 0 Å². The predicted molar refractivity (Wildman–Crippen MR) is 100.0 cm³/mol. The third-order valence-corrected chi connectivity index (χ3v) is 4.81. The maximum Gasteiger partial charge on any atom is 0.282 e. The van der Waals surface area contributed by atoms with Gasteiger partial charge in [-0.05, 0) is 36.6 Å². The van der Waals surface area contributed by atoms with Crippen LogP contribution < -0.4 is 15.1 Å². The summed E-state index contributed by atoms with van der Waals surface area (Å²) in [6, 6.07) is 12.9. The Bertz CT molecular complexity index is 1060. The second-order valence-electron chi connectivity index (χ2n) is 6.35. The summed E-state index contributed by atoms with van der Waals surface area (Å²) in [5, 5.41) is 4.77. The molecule has 6 nitrogen and oxygen atoms in total. The zero-order valence-electron chi connectivity index (χ0n) is 14.7. The molecule has 1 aliphatic rings. The van der Waals surface area contributed by atoms with Crippen LogP contribution in [-0.4, -0.2) is 29.3 Å². The Morgan fingerprint density at radius 2 is 1.96 bits per heavy atom. The standard InChI is InChI=1S/C20H19N3O3/c1-22-15-10-4-3-9-14(15)19(24)17(21-22)20(25)23-12-6-8-13-7-5-11-16(26-2)18(13)23/h3-5,7,9-11H,6,8,12H2,1-2H3. The van der Waals surface area contributed by atoms with Gasteiger partial charge < -0.3 is 9.64 Å². The minimum atomic E-state index is -0.387. The van der Waals surface area contributed by atoms with E-state index in [0.29, 0.717) is 23.2 Å². The molecule has 0 saturated carbocycles. The predicted octanol–water partition coefficient (Wildman–Crippen LogP) is 2.54. The molecule has 0 radical (unpaired) electrons. The van der Waals surface area contributed by atoms with Gasteiger partial charge in [-0.1, -0.05) is 24.3 Å². The van der Waals surface area contributed by atoms with Crippen LogP contribution in [-0.2, 0) is 13.5 Å². The zero-order valence-corrected chi connectivity index (χ0v) is 14.7. The van der Waals surface area contributed by atoms with Crippen molar-refractivity contribution in [3.05, 3.63) is 63.9 Å². The highest BCUT2D eigenvalue weighted by Gasteiger charge is 2.29. The minimum absolute atomic E-state index is 0.0649. The molecule has 1 aliphatic heterocycles. The number of fused-ring (bicyclic) bond motifs is 2. The smallest absolute Gasteiger partial charge is 0.282 e. The van der Waals surface area contributed by atoms with E-state index in [4.69, 9.17) is 4.74 Å². The van der Waals surface area contributed by atoms with E-state index in [0.717, 1.165) is 24.1 Å². The van der Waals surface area contributed by atoms with Crippen molar-refractivity contribution in [1.82, 2.24) is 9.78 Å². The van der Waals surface area contributed by atoms with Gasteiger partial charge in [-0.25, -0.2) is 0 Å². The lowest BCUT2D eigenvalue weighted by atomic mass is 10.0. The van der Waals surface area contributed by atoms with Crippen LogP contribution >= 0.6 is 0 Å². The van der Waals surface area contributed by atoms with Crippen molar-refractivity contribution in [3.8, 4) is 5.75 Å². The first-order valence-electron chi connectivity index (χ1n) is 8.55. The minimum Gasteiger partial charge on any atom is -0.495 e. The van der Waals surface area contributed by atoms with Gasteiger partial charge in [0.25, 0.3) is 5.91 Å². The number of carbonyl (C=O) groups is 1. The van der Waals surface area contributed by atoms with E-state index in [1.807, 2.05) is 30.3 Å². The number of amides is 1. The molecule has 0 saturated heterocycles. The summed E-state index contributed by atoms with van der Waals surface area (Å²) in [6.45, 7) is 0.532. The monoisotopic (exact) mass is 349 g/mol. The number of methoxy groups -OCH3 is 1. The van der Waals surface area contributed by atoms with Crippen LogP contribution in [0.4, 0.5) is 5.69 Å². The van der Waals surface area contributed by atoms with Gasteiger partial charge in [0.15, 0.2) is 5.69 Å². The first-order valence-corrected chi connectivity index (χ1v) is 8.55. The molecule has 2 aromatic carbocycles. The van der Waals surface area contributed by atoms with Crippen LogP contribution in [0.5, 0.6) is 5.75 Å². The van der Waals surface area contributed by atoms with Gasteiger partial charge in [0.05, 0.1) is 18.3 Å². The molecule has 0 fully saturated rings.